The van der Waals surface area contributed by atoms with Crippen LogP contribution < -0.4 is 5.32 Å². The maximum atomic E-state index is 13.6. The van der Waals surface area contributed by atoms with Gasteiger partial charge in [-0.1, -0.05) is 24.3 Å². The van der Waals surface area contributed by atoms with Gasteiger partial charge in [0, 0.05) is 10.5 Å². The number of para-hydroxylation sites is 1. The van der Waals surface area contributed by atoms with Crippen molar-refractivity contribution in [3.05, 3.63) is 59.9 Å². The van der Waals surface area contributed by atoms with E-state index in [1.807, 2.05) is 0 Å². The van der Waals surface area contributed by atoms with E-state index in [1.54, 1.807) is 49.4 Å². The first-order valence-corrected chi connectivity index (χ1v) is 7.69. The number of anilines is 1. The molecule has 2 rings (SSSR count). The Morgan fingerprint density at radius 2 is 1.73 bits per heavy atom. The molecule has 5 heteroatoms. The summed E-state index contributed by atoms with van der Waals surface area (Å²) in [5, 5.41) is 2.24. The number of ketones is 1. The second-order valence-corrected chi connectivity index (χ2v) is 6.16. The van der Waals surface area contributed by atoms with Crippen molar-refractivity contribution in [2.24, 2.45) is 0 Å². The number of halogens is 1. The summed E-state index contributed by atoms with van der Waals surface area (Å²) in [5.41, 5.74) is 0.930. The van der Waals surface area contributed by atoms with Gasteiger partial charge in [0.05, 0.1) is 10.9 Å². The molecule has 0 aromatic heterocycles. The molecule has 0 radical (unpaired) electrons. The molecule has 0 spiro atoms. The van der Waals surface area contributed by atoms with Crippen LogP contribution in [-0.2, 0) is 4.79 Å². The molecule has 0 unspecified atom stereocenters. The third-order valence-corrected chi connectivity index (χ3v) is 4.23. The van der Waals surface area contributed by atoms with Gasteiger partial charge in [-0.25, -0.2) is 4.39 Å². The van der Waals surface area contributed by atoms with Crippen molar-refractivity contribution in [1.82, 2.24) is 0 Å². The molecule has 0 bridgehead atoms. The number of Topliss-reactive ketones (excluding diaryl/α,β-unsaturated/α-hetero) is 1. The molecule has 1 amide bonds. The van der Waals surface area contributed by atoms with Crippen molar-refractivity contribution in [3.8, 4) is 0 Å². The minimum absolute atomic E-state index is 0.120. The molecule has 1 N–H and O–H groups in total. The van der Waals surface area contributed by atoms with E-state index >= 15 is 0 Å². The van der Waals surface area contributed by atoms with E-state index in [0.29, 0.717) is 16.1 Å². The SMILES string of the molecule is CC(=O)c1ccccc1NC(=O)[C@@H](C)Sc1ccccc1F. The first kappa shape index (κ1) is 16.2. The van der Waals surface area contributed by atoms with E-state index in [-0.39, 0.29) is 17.5 Å². The lowest BCUT2D eigenvalue weighted by Gasteiger charge is -2.14. The number of nitrogens with one attached hydrogen (secondary N) is 1. The molecular weight excluding hydrogens is 301 g/mol. The molecule has 2 aromatic carbocycles. The average molecular weight is 317 g/mol. The van der Waals surface area contributed by atoms with Crippen LogP contribution in [0.15, 0.2) is 53.4 Å². The fourth-order valence-electron chi connectivity index (χ4n) is 1.92. The Morgan fingerprint density at radius 3 is 2.41 bits per heavy atom. The standard InChI is InChI=1S/C17H16FNO2S/c1-11(20)13-7-3-5-9-15(13)19-17(21)12(2)22-16-10-6-4-8-14(16)18/h3-10,12H,1-2H3,(H,19,21)/t12-/m1/s1. The zero-order chi connectivity index (χ0) is 16.1. The van der Waals surface area contributed by atoms with Crippen molar-refractivity contribution >= 4 is 29.1 Å². The van der Waals surface area contributed by atoms with Crippen LogP contribution in [0.1, 0.15) is 24.2 Å². The monoisotopic (exact) mass is 317 g/mol. The maximum Gasteiger partial charge on any atom is 0.237 e. The average Bonchev–Trinajstić information content (AvgIpc) is 2.49. The lowest BCUT2D eigenvalue weighted by Crippen LogP contribution is -2.23. The Morgan fingerprint density at radius 1 is 1.09 bits per heavy atom. The van der Waals surface area contributed by atoms with E-state index in [4.69, 9.17) is 0 Å². The number of amides is 1. The van der Waals surface area contributed by atoms with Gasteiger partial charge in [0.2, 0.25) is 5.91 Å². The number of hydrogen-bond acceptors (Lipinski definition) is 3. The fraction of sp³-hybridized carbons (Fsp3) is 0.176. The highest BCUT2D eigenvalue weighted by atomic mass is 32.2. The molecule has 22 heavy (non-hydrogen) atoms. The smallest absolute Gasteiger partial charge is 0.237 e. The van der Waals surface area contributed by atoms with Crippen molar-refractivity contribution in [1.29, 1.82) is 0 Å². The quantitative estimate of drug-likeness (QED) is 0.665. The topological polar surface area (TPSA) is 46.2 Å². The summed E-state index contributed by atoms with van der Waals surface area (Å²) in [6, 6.07) is 13.1. The van der Waals surface area contributed by atoms with E-state index in [0.717, 1.165) is 11.8 Å². The molecule has 0 heterocycles. The van der Waals surface area contributed by atoms with Crippen molar-refractivity contribution in [2.45, 2.75) is 24.0 Å². The Hall–Kier alpha value is -2.14. The highest BCUT2D eigenvalue weighted by Gasteiger charge is 2.18. The Labute approximate surface area is 132 Å². The first-order chi connectivity index (χ1) is 10.5. The van der Waals surface area contributed by atoms with Crippen LogP contribution in [0.4, 0.5) is 10.1 Å². The fourth-order valence-corrected chi connectivity index (χ4v) is 2.80. The van der Waals surface area contributed by atoms with Gasteiger partial charge in [-0.15, -0.1) is 11.8 Å². The summed E-state index contributed by atoms with van der Waals surface area (Å²) >= 11 is 1.14. The van der Waals surface area contributed by atoms with Crippen molar-refractivity contribution in [2.75, 3.05) is 5.32 Å². The lowest BCUT2D eigenvalue weighted by molar-refractivity contribution is -0.115. The summed E-state index contributed by atoms with van der Waals surface area (Å²) in [7, 11) is 0. The van der Waals surface area contributed by atoms with Crippen LogP contribution in [0.5, 0.6) is 0 Å². The molecular formula is C17H16FNO2S. The van der Waals surface area contributed by atoms with E-state index in [9.17, 15) is 14.0 Å². The van der Waals surface area contributed by atoms with Crippen molar-refractivity contribution < 1.29 is 14.0 Å². The number of benzene rings is 2. The van der Waals surface area contributed by atoms with Crippen LogP contribution in [-0.4, -0.2) is 16.9 Å². The Balaban J connectivity index is 2.09. The Kier molecular flexibility index (Phi) is 5.33. The van der Waals surface area contributed by atoms with Gasteiger partial charge in [0.25, 0.3) is 0 Å². The Bertz CT molecular complexity index is 703. The highest BCUT2D eigenvalue weighted by molar-refractivity contribution is 8.00. The van der Waals surface area contributed by atoms with Crippen LogP contribution in [0.2, 0.25) is 0 Å². The largest absolute Gasteiger partial charge is 0.324 e. The minimum Gasteiger partial charge on any atom is -0.324 e. The molecule has 0 saturated carbocycles. The predicted octanol–water partition coefficient (Wildman–Crippen LogP) is 4.15. The highest BCUT2D eigenvalue weighted by Crippen LogP contribution is 2.27. The lowest BCUT2D eigenvalue weighted by atomic mass is 10.1. The molecule has 0 aliphatic rings. The summed E-state index contributed by atoms with van der Waals surface area (Å²) in [6.45, 7) is 3.14. The van der Waals surface area contributed by atoms with E-state index in [1.165, 1.54) is 13.0 Å². The molecule has 0 aliphatic heterocycles. The second kappa shape index (κ2) is 7.22. The number of hydrogen-bond donors (Lipinski definition) is 1. The third kappa shape index (κ3) is 3.95. The van der Waals surface area contributed by atoms with E-state index in [2.05, 4.69) is 5.32 Å². The zero-order valence-electron chi connectivity index (χ0n) is 12.3. The van der Waals surface area contributed by atoms with Gasteiger partial charge in [-0.05, 0) is 38.1 Å². The van der Waals surface area contributed by atoms with Gasteiger partial charge in [-0.3, -0.25) is 9.59 Å². The second-order valence-electron chi connectivity index (χ2n) is 4.78. The number of rotatable bonds is 5. The molecule has 1 atom stereocenters. The molecule has 0 aliphatic carbocycles. The van der Waals surface area contributed by atoms with Crippen LogP contribution in [0.3, 0.4) is 0 Å². The van der Waals surface area contributed by atoms with Gasteiger partial charge in [0.15, 0.2) is 5.78 Å². The predicted molar refractivity (Wildman–Crippen MR) is 86.8 cm³/mol. The van der Waals surface area contributed by atoms with Crippen LogP contribution >= 0.6 is 11.8 Å². The summed E-state index contributed by atoms with van der Waals surface area (Å²) < 4.78 is 13.6. The third-order valence-electron chi connectivity index (χ3n) is 3.07. The van der Waals surface area contributed by atoms with E-state index < -0.39 is 5.25 Å². The number of thioether (sulfide) groups is 1. The zero-order valence-corrected chi connectivity index (χ0v) is 13.1. The summed E-state index contributed by atoms with van der Waals surface area (Å²) in [4.78, 5) is 24.2. The molecule has 0 saturated heterocycles. The summed E-state index contributed by atoms with van der Waals surface area (Å²) in [5.74, 6) is -0.747. The molecule has 0 fully saturated rings. The molecule has 2 aromatic rings. The van der Waals surface area contributed by atoms with Crippen molar-refractivity contribution in [3.63, 3.8) is 0 Å². The van der Waals surface area contributed by atoms with Crippen LogP contribution in [0, 0.1) is 5.82 Å². The van der Waals surface area contributed by atoms with Gasteiger partial charge in [-0.2, -0.15) is 0 Å². The number of carbonyl (C=O) groups is 2. The molecule has 3 nitrogen and oxygen atoms in total. The van der Waals surface area contributed by atoms with Gasteiger partial charge in [0.1, 0.15) is 5.82 Å². The first-order valence-electron chi connectivity index (χ1n) is 6.81. The van der Waals surface area contributed by atoms with Crippen LogP contribution in [0.25, 0.3) is 0 Å². The minimum atomic E-state index is -0.489. The normalized spacial score (nSPS) is 11.8. The van der Waals surface area contributed by atoms with Gasteiger partial charge < -0.3 is 5.32 Å². The maximum absolute atomic E-state index is 13.6. The summed E-state index contributed by atoms with van der Waals surface area (Å²) in [6.07, 6.45) is 0. The van der Waals surface area contributed by atoms with Gasteiger partial charge >= 0.3 is 0 Å². The number of carbonyl (C=O) groups excluding carboxylic acids is 2. The molecule has 114 valence electrons.